The third-order valence-corrected chi connectivity index (χ3v) is 18.1. The van der Waals surface area contributed by atoms with E-state index in [0.29, 0.717) is 49.7 Å². The van der Waals surface area contributed by atoms with Gasteiger partial charge in [-0.05, 0) is 136 Å². The van der Waals surface area contributed by atoms with Crippen molar-refractivity contribution in [1.29, 1.82) is 0 Å². The lowest BCUT2D eigenvalue weighted by Gasteiger charge is -2.69. The van der Waals surface area contributed by atoms with Crippen molar-refractivity contribution in [3.05, 3.63) is 64.6 Å². The van der Waals surface area contributed by atoms with Gasteiger partial charge in [-0.25, -0.2) is 14.6 Å². The minimum Gasteiger partial charge on any atom is -0.478 e. The molecule has 11 heteroatoms. The smallest absolute Gasteiger partial charge is 0.358 e. The van der Waals surface area contributed by atoms with E-state index in [2.05, 4.69) is 59.3 Å². The van der Waals surface area contributed by atoms with Crippen molar-refractivity contribution in [1.82, 2.24) is 14.8 Å². The molecule has 3 heterocycles. The van der Waals surface area contributed by atoms with Crippen LogP contribution in [0.15, 0.2) is 36.5 Å². The number of carbonyl (C=O) groups is 2. The number of carboxylic acids is 1. The van der Waals surface area contributed by atoms with Crippen LogP contribution in [-0.4, -0.2) is 71.1 Å². The Hall–Kier alpha value is -3.54. The number of fused-ring (bicyclic) bond motifs is 1. The molecule has 4 fully saturated rings. The zero-order chi connectivity index (χ0) is 40.7. The fraction of sp³-hybridized carbons (Fsp3) is 0.644. The van der Waals surface area contributed by atoms with Crippen LogP contribution in [0.3, 0.4) is 0 Å². The molecular formula is C45H64N4O6Si. The molecule has 1 N–H and O–H groups in total. The predicted molar refractivity (Wildman–Crippen MR) is 222 cm³/mol. The molecule has 2 aromatic heterocycles. The second kappa shape index (κ2) is 13.8. The highest BCUT2D eigenvalue weighted by molar-refractivity contribution is 6.74. The van der Waals surface area contributed by atoms with Crippen molar-refractivity contribution in [2.24, 2.45) is 16.2 Å². The maximum Gasteiger partial charge on any atom is 0.358 e. The van der Waals surface area contributed by atoms with E-state index in [1.165, 1.54) is 6.42 Å². The highest BCUT2D eigenvalue weighted by Gasteiger charge is 2.66. The van der Waals surface area contributed by atoms with E-state index in [0.717, 1.165) is 61.0 Å². The molecule has 304 valence electrons. The fourth-order valence-corrected chi connectivity index (χ4v) is 12.4. The normalized spacial score (nSPS) is 27.4. The van der Waals surface area contributed by atoms with Gasteiger partial charge >= 0.3 is 11.9 Å². The number of rotatable bonds is 11. The molecule has 0 spiro atoms. The van der Waals surface area contributed by atoms with Crippen LogP contribution in [0.4, 0.5) is 5.82 Å². The van der Waals surface area contributed by atoms with Crippen LogP contribution in [0.25, 0.3) is 11.1 Å². The number of benzene rings is 1. The lowest BCUT2D eigenvalue weighted by molar-refractivity contribution is -0.249. The van der Waals surface area contributed by atoms with Crippen LogP contribution in [0.1, 0.15) is 132 Å². The van der Waals surface area contributed by atoms with Crippen molar-refractivity contribution in [3.8, 4) is 11.1 Å². The number of esters is 1. The Morgan fingerprint density at radius 2 is 1.61 bits per heavy atom. The van der Waals surface area contributed by atoms with Crippen LogP contribution in [-0.2, 0) is 33.4 Å². The SMILES string of the molecule is Cc1c(-c2ccc(N3CCc4cccc(C(=O)O)c4C3)nc2C(=O)OC(C)(C)C)cnn1CC12CC3(C)CC(C)(C1)CC(OCCO[Si](C)(C)C(C)(C)C)(C3)C2. The van der Waals surface area contributed by atoms with E-state index in [4.69, 9.17) is 24.0 Å². The highest BCUT2D eigenvalue weighted by Crippen LogP contribution is 2.72. The summed E-state index contributed by atoms with van der Waals surface area (Å²) in [6.45, 7) is 27.2. The van der Waals surface area contributed by atoms with Gasteiger partial charge in [0.25, 0.3) is 0 Å². The molecule has 4 bridgehead atoms. The summed E-state index contributed by atoms with van der Waals surface area (Å²) in [6, 6.07) is 9.33. The Labute approximate surface area is 334 Å². The number of hydrogen-bond donors (Lipinski definition) is 1. The first kappa shape index (κ1) is 40.6. The number of carboxylic acid groups (broad SMARTS) is 1. The van der Waals surface area contributed by atoms with E-state index in [-0.39, 0.29) is 32.6 Å². The number of hydrogen-bond acceptors (Lipinski definition) is 8. The third-order valence-electron chi connectivity index (χ3n) is 13.6. The van der Waals surface area contributed by atoms with Crippen LogP contribution >= 0.6 is 0 Å². The summed E-state index contributed by atoms with van der Waals surface area (Å²) in [7, 11) is -1.86. The number of ether oxygens (including phenoxy) is 2. The first-order valence-corrected chi connectivity index (χ1v) is 23.5. The lowest BCUT2D eigenvalue weighted by atomic mass is 9.39. The monoisotopic (exact) mass is 784 g/mol. The van der Waals surface area contributed by atoms with Gasteiger partial charge in [-0.15, -0.1) is 0 Å². The van der Waals surface area contributed by atoms with Crippen LogP contribution < -0.4 is 4.90 Å². The summed E-state index contributed by atoms with van der Waals surface area (Å²) < 4.78 is 21.6. The average Bonchev–Trinajstić information content (AvgIpc) is 3.41. The van der Waals surface area contributed by atoms with Gasteiger partial charge < -0.3 is 23.9 Å². The van der Waals surface area contributed by atoms with Crippen molar-refractivity contribution in [3.63, 3.8) is 0 Å². The van der Waals surface area contributed by atoms with Gasteiger partial charge in [0.15, 0.2) is 14.0 Å². The molecule has 5 aliphatic rings. The van der Waals surface area contributed by atoms with Crippen LogP contribution in [0, 0.1) is 23.2 Å². The molecule has 10 nitrogen and oxygen atoms in total. The molecular weight excluding hydrogens is 721 g/mol. The molecule has 2 unspecified atom stereocenters. The predicted octanol–water partition coefficient (Wildman–Crippen LogP) is 9.63. The quantitative estimate of drug-likeness (QED) is 0.115. The van der Waals surface area contributed by atoms with Gasteiger partial charge in [0, 0.05) is 36.5 Å². The van der Waals surface area contributed by atoms with E-state index in [1.54, 1.807) is 12.1 Å². The van der Waals surface area contributed by atoms with Crippen molar-refractivity contribution >= 4 is 26.1 Å². The average molecular weight is 785 g/mol. The molecule has 56 heavy (non-hydrogen) atoms. The van der Waals surface area contributed by atoms with Crippen LogP contribution in [0.5, 0.6) is 0 Å². The number of aromatic nitrogens is 3. The second-order valence-corrected chi connectivity index (χ2v) is 25.9. The number of aromatic carboxylic acids is 1. The van der Waals surface area contributed by atoms with E-state index >= 15 is 0 Å². The molecule has 4 aliphatic carbocycles. The number of pyridine rings is 1. The van der Waals surface area contributed by atoms with Gasteiger partial charge in [-0.1, -0.05) is 46.8 Å². The van der Waals surface area contributed by atoms with Crippen LogP contribution in [0.2, 0.25) is 18.1 Å². The third kappa shape index (κ3) is 7.84. The number of nitrogens with zero attached hydrogens (tertiary/aromatic N) is 4. The largest absolute Gasteiger partial charge is 0.478 e. The molecule has 1 aliphatic heterocycles. The molecule has 0 radical (unpaired) electrons. The zero-order valence-electron chi connectivity index (χ0n) is 35.7. The summed E-state index contributed by atoms with van der Waals surface area (Å²) in [5, 5.41) is 15.1. The summed E-state index contributed by atoms with van der Waals surface area (Å²) in [4.78, 5) is 33.0. The molecule has 0 amide bonds. The Kier molecular flexibility index (Phi) is 10.0. The molecule has 4 saturated carbocycles. The first-order chi connectivity index (χ1) is 25.9. The van der Waals surface area contributed by atoms with Gasteiger partial charge in [-0.3, -0.25) is 4.68 Å². The fourth-order valence-electron chi connectivity index (χ4n) is 11.4. The Morgan fingerprint density at radius 3 is 2.25 bits per heavy atom. The van der Waals surface area contributed by atoms with Crippen molar-refractivity contribution < 1.29 is 28.6 Å². The summed E-state index contributed by atoms with van der Waals surface area (Å²) in [5.74, 6) is -0.829. The van der Waals surface area contributed by atoms with Gasteiger partial charge in [-0.2, -0.15) is 5.10 Å². The minimum atomic E-state index is -1.86. The Morgan fingerprint density at radius 1 is 0.911 bits per heavy atom. The minimum absolute atomic E-state index is 0.0437. The maximum absolute atomic E-state index is 13.9. The summed E-state index contributed by atoms with van der Waals surface area (Å²) in [6.07, 6.45) is 9.30. The van der Waals surface area contributed by atoms with E-state index < -0.39 is 25.9 Å². The number of anilines is 1. The van der Waals surface area contributed by atoms with Crippen molar-refractivity contribution in [2.45, 2.75) is 150 Å². The molecule has 0 saturated heterocycles. The summed E-state index contributed by atoms with van der Waals surface area (Å²) in [5.41, 5.74) is 4.46. The van der Waals surface area contributed by atoms with E-state index in [9.17, 15) is 14.7 Å². The number of carbonyl (C=O) groups excluding carboxylic acids is 1. The van der Waals surface area contributed by atoms with Crippen molar-refractivity contribution in [2.75, 3.05) is 24.7 Å². The van der Waals surface area contributed by atoms with Gasteiger partial charge in [0.2, 0.25) is 0 Å². The zero-order valence-corrected chi connectivity index (χ0v) is 36.7. The first-order valence-electron chi connectivity index (χ1n) is 20.6. The molecule has 3 aromatic rings. The van der Waals surface area contributed by atoms with Gasteiger partial charge in [0.1, 0.15) is 11.4 Å². The highest BCUT2D eigenvalue weighted by atomic mass is 28.4. The van der Waals surface area contributed by atoms with Gasteiger partial charge in [0.05, 0.1) is 30.6 Å². The lowest BCUT2D eigenvalue weighted by Crippen LogP contribution is -2.64. The topological polar surface area (TPSA) is 116 Å². The maximum atomic E-state index is 13.9. The Balaban J connectivity index is 1.16. The Bertz CT molecular complexity index is 2010. The standard InChI is InChI=1S/C45H64N4O6Si/c1-30-34(32-15-16-36(47-37(32)39(52)55-40(2,3)4)48-18-17-31-13-12-14-33(38(50)51)35(31)22-48)21-46-49(30)29-44-24-42(8)23-43(9,25-44)27-45(26-42,28-44)53-19-20-54-56(10,11)41(5,6)7/h12-16,21H,17-20,22-29H2,1-11H3,(H,50,51). The summed E-state index contributed by atoms with van der Waals surface area (Å²) >= 11 is 0. The molecule has 2 atom stereocenters. The van der Waals surface area contributed by atoms with E-state index in [1.807, 2.05) is 50.1 Å². The second-order valence-electron chi connectivity index (χ2n) is 21.1. The molecule has 8 rings (SSSR count). The molecule has 1 aromatic carbocycles.